The highest BCUT2D eigenvalue weighted by Gasteiger charge is 2.57. The van der Waals surface area contributed by atoms with E-state index in [2.05, 4.69) is 0 Å². The third kappa shape index (κ3) is 4.55. The van der Waals surface area contributed by atoms with Gasteiger partial charge >= 0.3 is 17.9 Å². The molecule has 1 N–H and O–H groups in total. The van der Waals surface area contributed by atoms with Crippen LogP contribution in [0.3, 0.4) is 0 Å². The van der Waals surface area contributed by atoms with Crippen LogP contribution in [0.2, 0.25) is 0 Å². The van der Waals surface area contributed by atoms with Gasteiger partial charge in [-0.15, -0.1) is 0 Å². The predicted molar refractivity (Wildman–Crippen MR) is 83.3 cm³/mol. The predicted octanol–water partition coefficient (Wildman–Crippen LogP) is 0.814. The Morgan fingerprint density at radius 1 is 1.12 bits per heavy atom. The average molecular weight is 352 g/mol. The van der Waals surface area contributed by atoms with E-state index < -0.39 is 42.0 Å². The maximum atomic E-state index is 12.0. The van der Waals surface area contributed by atoms with Crippen molar-refractivity contribution in [3.8, 4) is 0 Å². The van der Waals surface area contributed by atoms with Gasteiger partial charge in [0.1, 0.15) is 18.3 Å². The highest BCUT2D eigenvalue weighted by atomic mass is 16.7. The fourth-order valence-corrected chi connectivity index (χ4v) is 2.45. The quantitative estimate of drug-likeness (QED) is 0.613. The van der Waals surface area contributed by atoms with Crippen molar-refractivity contribution in [3.63, 3.8) is 0 Å². The van der Waals surface area contributed by atoms with Gasteiger partial charge in [-0.25, -0.2) is 4.79 Å². The van der Waals surface area contributed by atoms with Gasteiger partial charge in [-0.2, -0.15) is 0 Å². The first-order chi connectivity index (χ1) is 11.7. The second kappa shape index (κ2) is 7.62. The number of benzene rings is 1. The van der Waals surface area contributed by atoms with Crippen molar-refractivity contribution in [2.24, 2.45) is 0 Å². The van der Waals surface area contributed by atoms with E-state index in [4.69, 9.17) is 18.9 Å². The molecular formula is C17H20O8. The monoisotopic (exact) mass is 352 g/mol. The summed E-state index contributed by atoms with van der Waals surface area (Å²) >= 11 is 0. The number of ether oxygens (including phenoxy) is 4. The first-order valence-electron chi connectivity index (χ1n) is 7.66. The lowest BCUT2D eigenvalue weighted by Crippen LogP contribution is -2.49. The molecule has 1 aromatic carbocycles. The van der Waals surface area contributed by atoms with Crippen molar-refractivity contribution in [1.29, 1.82) is 0 Å². The Balaban J connectivity index is 2.07. The lowest BCUT2D eigenvalue weighted by molar-refractivity contribution is -0.197. The van der Waals surface area contributed by atoms with Gasteiger partial charge in [0.05, 0.1) is 5.56 Å². The molecule has 0 aromatic heterocycles. The minimum atomic E-state index is -1.72. The maximum absolute atomic E-state index is 12.0. The molecule has 0 aliphatic carbocycles. The van der Waals surface area contributed by atoms with Gasteiger partial charge in [-0.3, -0.25) is 9.59 Å². The number of carbonyl (C=O) groups is 3. The molecule has 1 aromatic rings. The number of hydrogen-bond donors (Lipinski definition) is 1. The molecule has 4 atom stereocenters. The molecule has 8 nitrogen and oxygen atoms in total. The van der Waals surface area contributed by atoms with Gasteiger partial charge in [-0.05, 0) is 19.1 Å². The van der Waals surface area contributed by atoms with Crippen molar-refractivity contribution >= 4 is 17.9 Å². The summed E-state index contributed by atoms with van der Waals surface area (Å²) < 4.78 is 20.6. The second-order valence-corrected chi connectivity index (χ2v) is 5.82. The van der Waals surface area contributed by atoms with Gasteiger partial charge in [0.15, 0.2) is 6.10 Å². The first kappa shape index (κ1) is 18.9. The van der Waals surface area contributed by atoms with Crippen molar-refractivity contribution in [2.45, 2.75) is 44.9 Å². The number of esters is 3. The highest BCUT2D eigenvalue weighted by Crippen LogP contribution is 2.34. The minimum absolute atomic E-state index is 0.309. The van der Waals surface area contributed by atoms with E-state index in [1.54, 1.807) is 30.3 Å². The molecule has 2 unspecified atom stereocenters. The Morgan fingerprint density at radius 2 is 1.72 bits per heavy atom. The minimum Gasteiger partial charge on any atom is -0.459 e. The summed E-state index contributed by atoms with van der Waals surface area (Å²) in [7, 11) is 0. The Hall–Kier alpha value is -2.45. The standard InChI is InChI=1S/C17H20O8/c1-10(18)23-14-16(24-11(2)19)25-13(17(14,3)21)9-22-15(20)12-7-5-4-6-8-12/h4-8,13-14,16,21H,9H2,1-3H3/t13-,14?,16?,17-/m1/s1. The van der Waals surface area contributed by atoms with Crippen LogP contribution in [-0.4, -0.2) is 53.7 Å². The second-order valence-electron chi connectivity index (χ2n) is 5.82. The van der Waals surface area contributed by atoms with Crippen LogP contribution in [-0.2, 0) is 28.5 Å². The van der Waals surface area contributed by atoms with Gasteiger partial charge in [-0.1, -0.05) is 18.2 Å². The molecule has 136 valence electrons. The molecule has 1 heterocycles. The fraction of sp³-hybridized carbons (Fsp3) is 0.471. The van der Waals surface area contributed by atoms with Crippen molar-refractivity contribution in [3.05, 3.63) is 35.9 Å². The summed E-state index contributed by atoms with van der Waals surface area (Å²) in [6.07, 6.45) is -3.58. The molecule has 25 heavy (non-hydrogen) atoms. The Morgan fingerprint density at radius 3 is 2.28 bits per heavy atom. The molecule has 0 radical (unpaired) electrons. The first-order valence-corrected chi connectivity index (χ1v) is 7.66. The molecule has 1 fully saturated rings. The van der Waals surface area contributed by atoms with Crippen molar-refractivity contribution < 1.29 is 38.4 Å². The van der Waals surface area contributed by atoms with E-state index in [0.717, 1.165) is 13.8 Å². The highest BCUT2D eigenvalue weighted by molar-refractivity contribution is 5.89. The molecular weight excluding hydrogens is 332 g/mol. The molecule has 0 bridgehead atoms. The van der Waals surface area contributed by atoms with E-state index in [-0.39, 0.29) is 6.61 Å². The van der Waals surface area contributed by atoms with Gasteiger partial charge < -0.3 is 24.1 Å². The smallest absolute Gasteiger partial charge is 0.338 e. The van der Waals surface area contributed by atoms with Gasteiger partial charge in [0, 0.05) is 13.8 Å². The zero-order chi connectivity index (χ0) is 18.6. The van der Waals surface area contributed by atoms with Crippen LogP contribution in [0.1, 0.15) is 31.1 Å². The number of rotatable bonds is 5. The van der Waals surface area contributed by atoms with Crippen LogP contribution in [0.4, 0.5) is 0 Å². The fourth-order valence-electron chi connectivity index (χ4n) is 2.45. The Labute approximate surface area is 144 Å². The van der Waals surface area contributed by atoms with E-state index in [1.165, 1.54) is 6.92 Å². The van der Waals surface area contributed by atoms with Crippen molar-refractivity contribution in [2.75, 3.05) is 6.61 Å². The third-order valence-corrected chi connectivity index (χ3v) is 3.72. The normalized spacial score (nSPS) is 28.2. The molecule has 0 saturated carbocycles. The zero-order valence-electron chi connectivity index (χ0n) is 14.1. The zero-order valence-corrected chi connectivity index (χ0v) is 14.1. The SMILES string of the molecule is CC(=O)OC1O[C@H](COC(=O)c2ccccc2)[C@@](C)(O)C1OC(C)=O. The number of hydrogen-bond acceptors (Lipinski definition) is 8. The van der Waals surface area contributed by atoms with Crippen LogP contribution < -0.4 is 0 Å². The molecule has 1 aliphatic heterocycles. The van der Waals surface area contributed by atoms with Gasteiger partial charge in [0.2, 0.25) is 6.29 Å². The molecule has 1 aliphatic rings. The Bertz CT molecular complexity index is 639. The summed E-state index contributed by atoms with van der Waals surface area (Å²) in [6.45, 7) is 3.36. The lowest BCUT2D eigenvalue weighted by atomic mass is 9.95. The van der Waals surface area contributed by atoms with Crippen molar-refractivity contribution in [1.82, 2.24) is 0 Å². The van der Waals surface area contributed by atoms with Crippen LogP contribution >= 0.6 is 0 Å². The van der Waals surface area contributed by atoms with Crippen LogP contribution in [0.15, 0.2) is 30.3 Å². The van der Waals surface area contributed by atoms with E-state index in [9.17, 15) is 19.5 Å². The maximum Gasteiger partial charge on any atom is 0.338 e. The van der Waals surface area contributed by atoms with E-state index in [0.29, 0.717) is 5.56 Å². The summed E-state index contributed by atoms with van der Waals surface area (Å²) in [5.74, 6) is -1.94. The topological polar surface area (TPSA) is 108 Å². The number of aliphatic hydroxyl groups is 1. The summed E-state index contributed by atoms with van der Waals surface area (Å²) in [5, 5.41) is 10.6. The van der Waals surface area contributed by atoms with Crippen LogP contribution in [0.25, 0.3) is 0 Å². The largest absolute Gasteiger partial charge is 0.459 e. The summed E-state index contributed by atoms with van der Waals surface area (Å²) in [6, 6.07) is 8.30. The molecule has 0 spiro atoms. The molecule has 8 heteroatoms. The van der Waals surface area contributed by atoms with E-state index in [1.807, 2.05) is 0 Å². The van der Waals surface area contributed by atoms with E-state index >= 15 is 0 Å². The molecule has 2 rings (SSSR count). The third-order valence-electron chi connectivity index (χ3n) is 3.72. The summed E-state index contributed by atoms with van der Waals surface area (Å²) in [5.41, 5.74) is -1.38. The Kier molecular flexibility index (Phi) is 5.76. The molecule has 0 amide bonds. The van der Waals surface area contributed by atoms with Gasteiger partial charge in [0.25, 0.3) is 0 Å². The van der Waals surface area contributed by atoms with Crippen LogP contribution in [0, 0.1) is 0 Å². The van der Waals surface area contributed by atoms with Crippen LogP contribution in [0.5, 0.6) is 0 Å². The molecule has 1 saturated heterocycles. The number of carbonyl (C=O) groups excluding carboxylic acids is 3. The lowest BCUT2D eigenvalue weighted by Gasteiger charge is -2.28. The summed E-state index contributed by atoms with van der Waals surface area (Å²) in [4.78, 5) is 34.5. The average Bonchev–Trinajstić information content (AvgIpc) is 2.76.